The lowest BCUT2D eigenvalue weighted by Crippen LogP contribution is -2.76. The van der Waals surface area contributed by atoms with E-state index in [2.05, 4.69) is 0 Å². The molecule has 51 heavy (non-hydrogen) atoms. The molecule has 3 saturated heterocycles. The first kappa shape index (κ1) is 40.8. The number of hydrogen-bond donors (Lipinski definition) is 0. The van der Waals surface area contributed by atoms with Crippen molar-refractivity contribution in [2.75, 3.05) is 20.8 Å². The first-order valence-electron chi connectivity index (χ1n) is 16.9. The number of carbonyl (C=O) groups excluding carboxylic acids is 4. The van der Waals surface area contributed by atoms with Gasteiger partial charge in [-0.2, -0.15) is 0 Å². The summed E-state index contributed by atoms with van der Waals surface area (Å²) in [5.74, 6) is -2.85. The van der Waals surface area contributed by atoms with Gasteiger partial charge in [-0.25, -0.2) is 4.79 Å². The molecule has 10 atom stereocenters. The lowest BCUT2D eigenvalue weighted by molar-refractivity contribution is -0.338. The molecule has 286 valence electrons. The average Bonchev–Trinajstić information content (AvgIpc) is 3.03. The maximum atomic E-state index is 13.4. The molecule has 3 aliphatic rings. The van der Waals surface area contributed by atoms with Crippen molar-refractivity contribution in [1.29, 1.82) is 0 Å². The zero-order chi connectivity index (χ0) is 37.9. The Bertz CT molecular complexity index is 1360. The summed E-state index contributed by atoms with van der Waals surface area (Å²) in [4.78, 5) is 50.0. The largest absolute Gasteiger partial charge is 0.467 e. The summed E-state index contributed by atoms with van der Waals surface area (Å²) in [6.07, 6.45) is -11.5. The zero-order valence-electron chi connectivity index (χ0n) is 31.2. The Morgan fingerprint density at radius 1 is 0.686 bits per heavy atom. The molecule has 1 aromatic carbocycles. The third-order valence-electron chi connectivity index (χ3n) is 8.95. The Labute approximate surface area is 300 Å². The molecular formula is C35H52O15Si. The van der Waals surface area contributed by atoms with E-state index in [9.17, 15) is 19.2 Å². The molecule has 2 bridgehead atoms. The highest BCUT2D eigenvalue weighted by Crippen LogP contribution is 2.57. The molecule has 0 radical (unpaired) electrons. The second-order valence-corrected chi connectivity index (χ2v) is 19.5. The summed E-state index contributed by atoms with van der Waals surface area (Å²) in [6.45, 7) is 15.5. The van der Waals surface area contributed by atoms with Gasteiger partial charge >= 0.3 is 32.4 Å². The smallest absolute Gasteiger partial charge is 0.350 e. The van der Waals surface area contributed by atoms with Gasteiger partial charge in [-0.15, -0.1) is 0 Å². The molecule has 4 rings (SSSR count). The van der Waals surface area contributed by atoms with E-state index in [-0.39, 0.29) is 13.2 Å². The minimum Gasteiger partial charge on any atom is -0.467 e. The molecule has 0 saturated carbocycles. The van der Waals surface area contributed by atoms with Crippen molar-refractivity contribution < 1.29 is 70.7 Å². The van der Waals surface area contributed by atoms with Crippen LogP contribution in [0.15, 0.2) is 30.3 Å². The van der Waals surface area contributed by atoms with Crippen molar-refractivity contribution in [3.8, 4) is 0 Å². The number of esters is 4. The van der Waals surface area contributed by atoms with Crippen LogP contribution >= 0.6 is 0 Å². The highest BCUT2D eigenvalue weighted by atomic mass is 28.4. The van der Waals surface area contributed by atoms with Crippen LogP contribution in [0.5, 0.6) is 0 Å². The predicted molar refractivity (Wildman–Crippen MR) is 179 cm³/mol. The Hall–Kier alpha value is -2.96. The van der Waals surface area contributed by atoms with Gasteiger partial charge in [0.2, 0.25) is 0 Å². The molecule has 0 unspecified atom stereocenters. The average molecular weight is 741 g/mol. The summed E-state index contributed by atoms with van der Waals surface area (Å²) in [5.41, 5.74) is 0.883. The van der Waals surface area contributed by atoms with E-state index in [1.54, 1.807) is 0 Å². The molecule has 3 fully saturated rings. The molecule has 0 spiro atoms. The van der Waals surface area contributed by atoms with E-state index < -0.39 is 104 Å². The second kappa shape index (κ2) is 16.4. The molecule has 16 heteroatoms. The minimum atomic E-state index is -3.32. The van der Waals surface area contributed by atoms with Crippen molar-refractivity contribution in [1.82, 2.24) is 0 Å². The molecule has 3 heterocycles. The quantitative estimate of drug-likeness (QED) is 0.183. The van der Waals surface area contributed by atoms with Gasteiger partial charge in [0.05, 0.1) is 20.3 Å². The van der Waals surface area contributed by atoms with Crippen molar-refractivity contribution in [3.05, 3.63) is 35.9 Å². The van der Waals surface area contributed by atoms with Gasteiger partial charge in [-0.1, -0.05) is 71.9 Å². The van der Waals surface area contributed by atoms with Crippen LogP contribution in [0.25, 0.3) is 0 Å². The van der Waals surface area contributed by atoms with Gasteiger partial charge in [0.25, 0.3) is 0 Å². The molecule has 15 nitrogen and oxygen atoms in total. The summed E-state index contributed by atoms with van der Waals surface area (Å²) < 4.78 is 66.6. The number of rotatable bonds is 11. The monoisotopic (exact) mass is 740 g/mol. The Balaban J connectivity index is 1.75. The Morgan fingerprint density at radius 3 is 1.76 bits per heavy atom. The third kappa shape index (κ3) is 8.99. The highest BCUT2D eigenvalue weighted by Gasteiger charge is 2.69. The standard InChI is InChI=1S/C35H52O15Si/c1-19(36)44-24-23(47-32(41-11)29(46-21(3)38)26(24)45-20(2)37)18-43-33-30-25(42-17-22-15-13-12-14-16-22)27(28(48-33)31(39)40-10)49-51(50-30,34(4,5)6)35(7,8)9/h12-16,23-30,32-33H,17-18H2,1-11H3/t23-,24-,25+,26+,27+,28+,29-,30-,32+,33-/m1/s1. The van der Waals surface area contributed by atoms with Crippen molar-refractivity contribution >= 4 is 32.4 Å². The predicted octanol–water partition coefficient (Wildman–Crippen LogP) is 3.48. The van der Waals surface area contributed by atoms with Crippen LogP contribution in [0.2, 0.25) is 10.1 Å². The van der Waals surface area contributed by atoms with Gasteiger partial charge in [-0.05, 0) is 5.56 Å². The number of hydrogen-bond acceptors (Lipinski definition) is 15. The first-order chi connectivity index (χ1) is 23.8. The van der Waals surface area contributed by atoms with Crippen molar-refractivity contribution in [3.63, 3.8) is 0 Å². The summed E-state index contributed by atoms with van der Waals surface area (Å²) in [7, 11) is -0.755. The van der Waals surface area contributed by atoms with Crippen molar-refractivity contribution in [2.24, 2.45) is 0 Å². The van der Waals surface area contributed by atoms with E-state index in [1.165, 1.54) is 28.1 Å². The third-order valence-corrected chi connectivity index (χ3v) is 14.1. The van der Waals surface area contributed by atoms with Crippen LogP contribution in [0, 0.1) is 0 Å². The second-order valence-electron chi connectivity index (χ2n) is 14.8. The van der Waals surface area contributed by atoms with Crippen LogP contribution < -0.4 is 0 Å². The molecule has 1 aromatic rings. The first-order valence-corrected chi connectivity index (χ1v) is 18.7. The lowest BCUT2D eigenvalue weighted by Gasteiger charge is -2.60. The van der Waals surface area contributed by atoms with E-state index >= 15 is 0 Å². The number of ether oxygens (including phenoxy) is 9. The molecule has 0 aromatic heterocycles. The van der Waals surface area contributed by atoms with Crippen molar-refractivity contribution in [2.45, 2.75) is 140 Å². The van der Waals surface area contributed by atoms with Crippen LogP contribution in [0.1, 0.15) is 67.9 Å². The maximum Gasteiger partial charge on any atom is 0.350 e. The number of carbonyl (C=O) groups is 4. The van der Waals surface area contributed by atoms with Gasteiger partial charge in [0.1, 0.15) is 24.4 Å². The Morgan fingerprint density at radius 2 is 1.24 bits per heavy atom. The molecule has 0 aliphatic carbocycles. The van der Waals surface area contributed by atoms with Crippen LogP contribution in [0.4, 0.5) is 0 Å². The molecule has 0 amide bonds. The van der Waals surface area contributed by atoms with Crippen LogP contribution in [-0.2, 0) is 77.3 Å². The fraction of sp³-hybridized carbons (Fsp3) is 0.714. The van der Waals surface area contributed by atoms with E-state index in [1.807, 2.05) is 71.9 Å². The SMILES string of the molecule is COC(=O)[C@H]1O[C@@H](OC[C@H]2O[C@H](OC)[C@H](OC(C)=O)[C@@H](OC(C)=O)[C@@H]2OC(C)=O)[C@@H]2O[Si](C(C)(C)C)(C(C)(C)C)O[C@H]1[C@@H]2OCc1ccccc1. The van der Waals surface area contributed by atoms with Crippen LogP contribution in [0.3, 0.4) is 0 Å². The normalized spacial score (nSPS) is 32.0. The lowest BCUT2D eigenvalue weighted by atomic mass is 9.97. The fourth-order valence-corrected chi connectivity index (χ4v) is 12.1. The molecular weight excluding hydrogens is 688 g/mol. The fourth-order valence-electron chi connectivity index (χ4n) is 7.07. The van der Waals surface area contributed by atoms with Gasteiger partial charge < -0.3 is 51.5 Å². The number of benzene rings is 1. The number of methoxy groups -OCH3 is 2. The minimum absolute atomic E-state index is 0.169. The highest BCUT2D eigenvalue weighted by molar-refractivity contribution is 6.73. The topological polar surface area (TPSA) is 170 Å². The summed E-state index contributed by atoms with van der Waals surface area (Å²) in [5, 5.41) is -1.01. The number of fused-ring (bicyclic) bond motifs is 2. The summed E-state index contributed by atoms with van der Waals surface area (Å²) in [6, 6.07) is 9.51. The van der Waals surface area contributed by atoms with Gasteiger partial charge in [0, 0.05) is 38.0 Å². The van der Waals surface area contributed by atoms with E-state index in [0.29, 0.717) is 0 Å². The maximum absolute atomic E-state index is 13.4. The van der Waals surface area contributed by atoms with Crippen LogP contribution in [-0.4, -0.2) is 115 Å². The molecule has 3 aliphatic heterocycles. The van der Waals surface area contributed by atoms with Gasteiger partial charge in [-0.3, -0.25) is 14.4 Å². The zero-order valence-corrected chi connectivity index (χ0v) is 32.2. The van der Waals surface area contributed by atoms with E-state index in [0.717, 1.165) is 12.5 Å². The summed E-state index contributed by atoms with van der Waals surface area (Å²) >= 11 is 0. The molecule has 0 N–H and O–H groups in total. The van der Waals surface area contributed by atoms with Gasteiger partial charge in [0.15, 0.2) is 37.0 Å². The van der Waals surface area contributed by atoms with E-state index in [4.69, 9.17) is 51.5 Å². The Kier molecular flexibility index (Phi) is 13.1.